The number of aromatic amines is 1. The predicted molar refractivity (Wildman–Crippen MR) is 129 cm³/mol. The first-order valence-electron chi connectivity index (χ1n) is 10.4. The lowest BCUT2D eigenvalue weighted by Gasteiger charge is -2.26. The highest BCUT2D eigenvalue weighted by molar-refractivity contribution is 9.10. The molecule has 3 heterocycles. The molecular formula is C22H27BrClN5O3. The number of H-pyrrole nitrogens is 1. The number of rotatable bonds is 8. The first-order valence-corrected chi connectivity index (χ1v) is 11.2. The van der Waals surface area contributed by atoms with Gasteiger partial charge in [-0.3, -0.25) is 9.69 Å². The third-order valence-corrected chi connectivity index (χ3v) is 5.84. The van der Waals surface area contributed by atoms with Crippen molar-refractivity contribution < 1.29 is 14.3 Å². The lowest BCUT2D eigenvalue weighted by Crippen LogP contribution is -2.35. The van der Waals surface area contributed by atoms with Gasteiger partial charge < -0.3 is 19.8 Å². The van der Waals surface area contributed by atoms with Crippen molar-refractivity contribution in [2.75, 3.05) is 46.6 Å². The molecule has 10 heteroatoms. The Bertz CT molecular complexity index is 1040. The van der Waals surface area contributed by atoms with Gasteiger partial charge in [0.25, 0.3) is 5.91 Å². The Morgan fingerprint density at radius 2 is 2.03 bits per heavy atom. The topological polar surface area (TPSA) is 92.4 Å². The Labute approximate surface area is 201 Å². The first-order chi connectivity index (χ1) is 15.2. The van der Waals surface area contributed by atoms with Crippen LogP contribution in [0.15, 0.2) is 34.9 Å². The smallest absolute Gasteiger partial charge is 0.254 e. The van der Waals surface area contributed by atoms with Crippen LogP contribution in [0.4, 0.5) is 0 Å². The number of benzene rings is 1. The quantitative estimate of drug-likeness (QED) is 0.439. The Morgan fingerprint density at radius 1 is 1.28 bits per heavy atom. The molecule has 0 unspecified atom stereocenters. The number of hydrogen-bond acceptors (Lipinski definition) is 6. The molecule has 32 heavy (non-hydrogen) atoms. The Kier molecular flexibility index (Phi) is 9.01. The summed E-state index contributed by atoms with van der Waals surface area (Å²) < 4.78 is 11.1. The fraction of sp³-hybridized carbons (Fsp3) is 0.409. The number of amides is 1. The maximum atomic E-state index is 12.7. The second-order valence-corrected chi connectivity index (χ2v) is 8.31. The Morgan fingerprint density at radius 3 is 2.75 bits per heavy atom. The van der Waals surface area contributed by atoms with Gasteiger partial charge in [0.2, 0.25) is 0 Å². The number of carbonyl (C=O) groups excluding carboxylic acids is 1. The monoisotopic (exact) mass is 523 g/mol. The SMILES string of the molecule is COCCCNC(=O)c1c(Br)cnc2[nH]c(-c3ccc(CN4CCOCC4)cc3)nc12.Cl. The van der Waals surface area contributed by atoms with Crippen molar-refractivity contribution in [2.24, 2.45) is 0 Å². The molecule has 0 spiro atoms. The summed E-state index contributed by atoms with van der Waals surface area (Å²) in [5, 5.41) is 2.92. The molecule has 1 aliphatic heterocycles. The number of methoxy groups -OCH3 is 1. The van der Waals surface area contributed by atoms with E-state index in [0.717, 1.165) is 44.8 Å². The van der Waals surface area contributed by atoms with Crippen molar-refractivity contribution in [3.05, 3.63) is 46.1 Å². The van der Waals surface area contributed by atoms with E-state index >= 15 is 0 Å². The fourth-order valence-electron chi connectivity index (χ4n) is 3.58. The van der Waals surface area contributed by atoms with Crippen LogP contribution in [0.25, 0.3) is 22.6 Å². The maximum Gasteiger partial charge on any atom is 0.254 e. The van der Waals surface area contributed by atoms with Gasteiger partial charge in [-0.25, -0.2) is 9.97 Å². The normalized spacial score (nSPS) is 14.3. The third-order valence-electron chi connectivity index (χ3n) is 5.24. The van der Waals surface area contributed by atoms with Crippen molar-refractivity contribution in [3.8, 4) is 11.4 Å². The molecule has 2 N–H and O–H groups in total. The van der Waals surface area contributed by atoms with Crippen molar-refractivity contribution in [1.29, 1.82) is 0 Å². The molecule has 0 bridgehead atoms. The molecule has 3 aromatic rings. The first kappa shape index (κ1) is 24.6. The highest BCUT2D eigenvalue weighted by atomic mass is 79.9. The number of ether oxygens (including phenoxy) is 2. The van der Waals surface area contributed by atoms with Crippen LogP contribution in [0.1, 0.15) is 22.3 Å². The van der Waals surface area contributed by atoms with Crippen LogP contribution in [-0.4, -0.2) is 72.3 Å². The molecule has 1 saturated heterocycles. The van der Waals surface area contributed by atoms with E-state index < -0.39 is 0 Å². The second-order valence-electron chi connectivity index (χ2n) is 7.45. The number of aromatic nitrogens is 3. The average Bonchev–Trinajstić information content (AvgIpc) is 3.22. The molecule has 172 valence electrons. The summed E-state index contributed by atoms with van der Waals surface area (Å²) in [6.07, 6.45) is 2.37. The number of fused-ring (bicyclic) bond motifs is 1. The zero-order chi connectivity index (χ0) is 21.6. The van der Waals surface area contributed by atoms with E-state index in [2.05, 4.69) is 48.2 Å². The molecule has 1 amide bonds. The maximum absolute atomic E-state index is 12.7. The number of morpholine rings is 1. The summed E-state index contributed by atoms with van der Waals surface area (Å²) in [4.78, 5) is 27.5. The number of halogens is 2. The van der Waals surface area contributed by atoms with E-state index in [4.69, 9.17) is 14.5 Å². The number of nitrogens with one attached hydrogen (secondary N) is 2. The van der Waals surface area contributed by atoms with Crippen LogP contribution in [0.5, 0.6) is 0 Å². The van der Waals surface area contributed by atoms with Crippen molar-refractivity contribution >= 4 is 45.4 Å². The Balaban J connectivity index is 0.00000289. The molecule has 0 radical (unpaired) electrons. The van der Waals surface area contributed by atoms with Crippen LogP contribution in [-0.2, 0) is 16.0 Å². The van der Waals surface area contributed by atoms with Crippen molar-refractivity contribution in [2.45, 2.75) is 13.0 Å². The van der Waals surface area contributed by atoms with Gasteiger partial charge in [0.15, 0.2) is 5.65 Å². The highest BCUT2D eigenvalue weighted by Crippen LogP contribution is 2.27. The van der Waals surface area contributed by atoms with Gasteiger partial charge in [-0.05, 0) is 27.9 Å². The van der Waals surface area contributed by atoms with Gasteiger partial charge in [0, 0.05) is 51.7 Å². The minimum Gasteiger partial charge on any atom is -0.385 e. The lowest BCUT2D eigenvalue weighted by atomic mass is 10.1. The molecule has 4 rings (SSSR count). The summed E-state index contributed by atoms with van der Waals surface area (Å²) in [6.45, 7) is 5.55. The van der Waals surface area contributed by atoms with Gasteiger partial charge in [0.05, 0.1) is 23.2 Å². The molecule has 0 saturated carbocycles. The van der Waals surface area contributed by atoms with Crippen molar-refractivity contribution in [1.82, 2.24) is 25.2 Å². The second kappa shape index (κ2) is 11.7. The van der Waals surface area contributed by atoms with E-state index in [1.165, 1.54) is 5.56 Å². The number of imidazole rings is 1. The third kappa shape index (κ3) is 5.85. The van der Waals surface area contributed by atoms with Gasteiger partial charge in [0.1, 0.15) is 11.3 Å². The van der Waals surface area contributed by atoms with Gasteiger partial charge in [-0.2, -0.15) is 0 Å². The largest absolute Gasteiger partial charge is 0.385 e. The van der Waals surface area contributed by atoms with Crippen molar-refractivity contribution in [3.63, 3.8) is 0 Å². The fourth-order valence-corrected chi connectivity index (χ4v) is 4.05. The number of carbonyl (C=O) groups is 1. The number of hydrogen-bond donors (Lipinski definition) is 2. The zero-order valence-electron chi connectivity index (χ0n) is 17.9. The molecular weight excluding hydrogens is 498 g/mol. The minimum absolute atomic E-state index is 0. The van der Waals surface area contributed by atoms with Crippen LogP contribution in [0.3, 0.4) is 0 Å². The molecule has 0 aliphatic carbocycles. The molecule has 8 nitrogen and oxygen atoms in total. The van der Waals surface area contributed by atoms with E-state index in [1.54, 1.807) is 13.3 Å². The summed E-state index contributed by atoms with van der Waals surface area (Å²) in [5.74, 6) is 0.501. The standard InChI is InChI=1S/C22H26BrN5O3.ClH/c1-30-10-2-7-24-22(29)18-17(23)13-25-21-19(18)26-20(27-21)16-5-3-15(4-6-16)14-28-8-11-31-12-9-28;/h3-6,13H,2,7-12,14H2,1H3,(H,24,29)(H,25,26,27);1H. The molecule has 1 aliphatic rings. The molecule has 0 atom stereocenters. The van der Waals surface area contributed by atoms with E-state index in [0.29, 0.717) is 40.2 Å². The van der Waals surface area contributed by atoms with Crippen LogP contribution >= 0.6 is 28.3 Å². The Hall–Kier alpha value is -2.04. The summed E-state index contributed by atoms with van der Waals surface area (Å²) in [6, 6.07) is 8.33. The van der Waals surface area contributed by atoms with E-state index in [-0.39, 0.29) is 18.3 Å². The van der Waals surface area contributed by atoms with Gasteiger partial charge in [-0.15, -0.1) is 12.4 Å². The average molecular weight is 525 g/mol. The molecule has 1 aromatic carbocycles. The number of pyridine rings is 1. The van der Waals surface area contributed by atoms with Crippen LogP contribution in [0, 0.1) is 0 Å². The number of nitrogens with zero attached hydrogens (tertiary/aromatic N) is 3. The molecule has 1 fully saturated rings. The summed E-state index contributed by atoms with van der Waals surface area (Å²) >= 11 is 3.45. The summed E-state index contributed by atoms with van der Waals surface area (Å²) in [5.41, 5.74) is 3.81. The molecule has 2 aromatic heterocycles. The lowest BCUT2D eigenvalue weighted by molar-refractivity contribution is 0.0342. The predicted octanol–water partition coefficient (Wildman–Crippen LogP) is 3.41. The van der Waals surface area contributed by atoms with E-state index in [1.807, 2.05) is 12.1 Å². The summed E-state index contributed by atoms with van der Waals surface area (Å²) in [7, 11) is 1.64. The van der Waals surface area contributed by atoms with Gasteiger partial charge >= 0.3 is 0 Å². The van der Waals surface area contributed by atoms with Crippen LogP contribution in [0.2, 0.25) is 0 Å². The van der Waals surface area contributed by atoms with Gasteiger partial charge in [-0.1, -0.05) is 24.3 Å². The van der Waals surface area contributed by atoms with Crippen LogP contribution < -0.4 is 5.32 Å². The minimum atomic E-state index is -0.186. The zero-order valence-corrected chi connectivity index (χ0v) is 20.3. The highest BCUT2D eigenvalue weighted by Gasteiger charge is 2.19. The van der Waals surface area contributed by atoms with E-state index in [9.17, 15) is 4.79 Å².